The van der Waals surface area contributed by atoms with E-state index in [1.807, 2.05) is 24.3 Å². The second-order valence-electron chi connectivity index (χ2n) is 4.90. The van der Waals surface area contributed by atoms with Gasteiger partial charge in [0.15, 0.2) is 0 Å². The Kier molecular flexibility index (Phi) is 4.43. The predicted octanol–water partition coefficient (Wildman–Crippen LogP) is 3.29. The Labute approximate surface area is 108 Å². The molecule has 2 N–H and O–H groups in total. The average molecular weight is 254 g/mol. The SMILES string of the molecule is C[C@H](NC1CCCCC1O)c1ccc(Cl)cc1. The summed E-state index contributed by atoms with van der Waals surface area (Å²) in [7, 11) is 0. The molecule has 0 saturated heterocycles. The van der Waals surface area contributed by atoms with Gasteiger partial charge in [-0.25, -0.2) is 0 Å². The highest BCUT2D eigenvalue weighted by Gasteiger charge is 2.24. The molecule has 94 valence electrons. The first-order valence-corrected chi connectivity index (χ1v) is 6.74. The molecule has 0 amide bonds. The highest BCUT2D eigenvalue weighted by atomic mass is 35.5. The first-order chi connectivity index (χ1) is 8.16. The summed E-state index contributed by atoms with van der Waals surface area (Å²) in [5, 5.41) is 14.2. The third-order valence-electron chi connectivity index (χ3n) is 3.56. The van der Waals surface area contributed by atoms with Crippen LogP contribution in [0.5, 0.6) is 0 Å². The lowest BCUT2D eigenvalue weighted by Gasteiger charge is -2.31. The molecular weight excluding hydrogens is 234 g/mol. The molecule has 2 rings (SSSR count). The summed E-state index contributed by atoms with van der Waals surface area (Å²) in [5.41, 5.74) is 1.21. The first kappa shape index (κ1) is 12.9. The molecule has 1 aromatic carbocycles. The molecule has 3 heteroatoms. The fourth-order valence-corrected chi connectivity index (χ4v) is 2.60. The van der Waals surface area contributed by atoms with Gasteiger partial charge in [-0.3, -0.25) is 0 Å². The predicted molar refractivity (Wildman–Crippen MR) is 71.3 cm³/mol. The van der Waals surface area contributed by atoms with Gasteiger partial charge in [0.1, 0.15) is 0 Å². The minimum absolute atomic E-state index is 0.196. The highest BCUT2D eigenvalue weighted by molar-refractivity contribution is 6.30. The topological polar surface area (TPSA) is 32.3 Å². The molecule has 2 unspecified atom stereocenters. The molecular formula is C14H20ClNO. The van der Waals surface area contributed by atoms with E-state index in [0.29, 0.717) is 0 Å². The van der Waals surface area contributed by atoms with Gasteiger partial charge in [-0.05, 0) is 37.5 Å². The summed E-state index contributed by atoms with van der Waals surface area (Å²) in [6, 6.07) is 8.38. The number of aliphatic hydroxyl groups is 1. The van der Waals surface area contributed by atoms with Crippen molar-refractivity contribution in [1.29, 1.82) is 0 Å². The summed E-state index contributed by atoms with van der Waals surface area (Å²) >= 11 is 5.87. The van der Waals surface area contributed by atoms with Crippen molar-refractivity contribution in [1.82, 2.24) is 5.32 Å². The number of rotatable bonds is 3. The van der Waals surface area contributed by atoms with Crippen molar-refractivity contribution in [2.75, 3.05) is 0 Å². The van der Waals surface area contributed by atoms with E-state index in [0.717, 1.165) is 24.3 Å². The van der Waals surface area contributed by atoms with E-state index in [1.54, 1.807) is 0 Å². The molecule has 0 bridgehead atoms. The molecule has 1 aliphatic rings. The Bertz CT molecular complexity index is 352. The molecule has 0 aliphatic heterocycles. The summed E-state index contributed by atoms with van der Waals surface area (Å²) in [4.78, 5) is 0. The molecule has 1 fully saturated rings. The average Bonchev–Trinajstić information content (AvgIpc) is 2.33. The molecule has 1 saturated carbocycles. The van der Waals surface area contributed by atoms with Crippen LogP contribution in [0.15, 0.2) is 24.3 Å². The summed E-state index contributed by atoms with van der Waals surface area (Å²) < 4.78 is 0. The van der Waals surface area contributed by atoms with Crippen LogP contribution in [0, 0.1) is 0 Å². The molecule has 1 aromatic rings. The summed E-state index contributed by atoms with van der Waals surface area (Å²) in [5.74, 6) is 0. The number of halogens is 1. The molecule has 0 spiro atoms. The smallest absolute Gasteiger partial charge is 0.0693 e. The second kappa shape index (κ2) is 5.85. The van der Waals surface area contributed by atoms with E-state index >= 15 is 0 Å². The quantitative estimate of drug-likeness (QED) is 0.867. The largest absolute Gasteiger partial charge is 0.392 e. The summed E-state index contributed by atoms with van der Waals surface area (Å²) in [6.07, 6.45) is 4.15. The van der Waals surface area contributed by atoms with E-state index in [-0.39, 0.29) is 18.2 Å². The zero-order valence-corrected chi connectivity index (χ0v) is 11.0. The van der Waals surface area contributed by atoms with Gasteiger partial charge in [-0.15, -0.1) is 0 Å². The van der Waals surface area contributed by atoms with Crippen LogP contribution in [-0.2, 0) is 0 Å². The van der Waals surface area contributed by atoms with Crippen LogP contribution < -0.4 is 5.32 Å². The number of nitrogens with one attached hydrogen (secondary N) is 1. The lowest BCUT2D eigenvalue weighted by molar-refractivity contribution is 0.0860. The third-order valence-corrected chi connectivity index (χ3v) is 3.82. The molecule has 0 heterocycles. The fourth-order valence-electron chi connectivity index (χ4n) is 2.47. The Balaban J connectivity index is 1.95. The van der Waals surface area contributed by atoms with Crippen molar-refractivity contribution in [3.05, 3.63) is 34.9 Å². The van der Waals surface area contributed by atoms with Crippen molar-refractivity contribution in [3.8, 4) is 0 Å². The van der Waals surface area contributed by atoms with E-state index in [9.17, 15) is 5.11 Å². The standard InChI is InChI=1S/C14H20ClNO/c1-10(11-6-8-12(15)9-7-11)16-13-4-2-3-5-14(13)17/h6-10,13-14,16-17H,2-5H2,1H3/t10-,13?,14?/m0/s1. The minimum atomic E-state index is -0.196. The minimum Gasteiger partial charge on any atom is -0.392 e. The Hall–Kier alpha value is -0.570. The second-order valence-corrected chi connectivity index (χ2v) is 5.33. The van der Waals surface area contributed by atoms with Crippen LogP contribution in [-0.4, -0.2) is 17.3 Å². The molecule has 2 nitrogen and oxygen atoms in total. The van der Waals surface area contributed by atoms with Crippen molar-refractivity contribution in [2.45, 2.75) is 50.8 Å². The third kappa shape index (κ3) is 3.44. The van der Waals surface area contributed by atoms with Gasteiger partial charge in [0, 0.05) is 17.1 Å². The van der Waals surface area contributed by atoms with Crippen LogP contribution in [0.1, 0.15) is 44.2 Å². The first-order valence-electron chi connectivity index (χ1n) is 6.36. The van der Waals surface area contributed by atoms with Gasteiger partial charge in [0.2, 0.25) is 0 Å². The van der Waals surface area contributed by atoms with E-state index in [4.69, 9.17) is 11.6 Å². The number of aliphatic hydroxyl groups excluding tert-OH is 1. The number of hydrogen-bond donors (Lipinski definition) is 2. The van der Waals surface area contributed by atoms with Crippen LogP contribution in [0.3, 0.4) is 0 Å². The summed E-state index contributed by atoms with van der Waals surface area (Å²) in [6.45, 7) is 2.13. The van der Waals surface area contributed by atoms with Crippen LogP contribution in [0.2, 0.25) is 5.02 Å². The van der Waals surface area contributed by atoms with Gasteiger partial charge in [-0.2, -0.15) is 0 Å². The molecule has 3 atom stereocenters. The number of benzene rings is 1. The van der Waals surface area contributed by atoms with Gasteiger partial charge < -0.3 is 10.4 Å². The monoisotopic (exact) mass is 253 g/mol. The maximum Gasteiger partial charge on any atom is 0.0693 e. The lowest BCUT2D eigenvalue weighted by atomic mass is 9.91. The zero-order chi connectivity index (χ0) is 12.3. The van der Waals surface area contributed by atoms with Gasteiger partial charge in [-0.1, -0.05) is 36.6 Å². The van der Waals surface area contributed by atoms with E-state index in [2.05, 4.69) is 12.2 Å². The molecule has 1 aliphatic carbocycles. The fraction of sp³-hybridized carbons (Fsp3) is 0.571. The maximum atomic E-state index is 9.93. The van der Waals surface area contributed by atoms with Crippen LogP contribution in [0.25, 0.3) is 0 Å². The van der Waals surface area contributed by atoms with Crippen LogP contribution >= 0.6 is 11.6 Å². The van der Waals surface area contributed by atoms with E-state index in [1.165, 1.54) is 12.0 Å². The van der Waals surface area contributed by atoms with Gasteiger partial charge >= 0.3 is 0 Å². The Morgan fingerprint density at radius 3 is 2.53 bits per heavy atom. The molecule has 17 heavy (non-hydrogen) atoms. The van der Waals surface area contributed by atoms with Crippen molar-refractivity contribution < 1.29 is 5.11 Å². The van der Waals surface area contributed by atoms with Crippen molar-refractivity contribution >= 4 is 11.6 Å². The molecule has 0 aromatic heterocycles. The van der Waals surface area contributed by atoms with Gasteiger partial charge in [0.05, 0.1) is 6.10 Å². The lowest BCUT2D eigenvalue weighted by Crippen LogP contribution is -2.43. The van der Waals surface area contributed by atoms with Crippen LogP contribution in [0.4, 0.5) is 0 Å². The normalized spacial score (nSPS) is 26.8. The molecule has 0 radical (unpaired) electrons. The Morgan fingerprint density at radius 2 is 1.88 bits per heavy atom. The van der Waals surface area contributed by atoms with E-state index < -0.39 is 0 Å². The zero-order valence-electron chi connectivity index (χ0n) is 10.2. The number of hydrogen-bond acceptors (Lipinski definition) is 2. The maximum absolute atomic E-state index is 9.93. The Morgan fingerprint density at radius 1 is 1.24 bits per heavy atom. The van der Waals surface area contributed by atoms with Gasteiger partial charge in [0.25, 0.3) is 0 Å². The van der Waals surface area contributed by atoms with Crippen molar-refractivity contribution in [2.24, 2.45) is 0 Å². The van der Waals surface area contributed by atoms with Crippen molar-refractivity contribution in [3.63, 3.8) is 0 Å². The highest BCUT2D eigenvalue weighted by Crippen LogP contribution is 2.22.